The van der Waals surface area contributed by atoms with Crippen molar-refractivity contribution in [2.75, 3.05) is 27.9 Å². The van der Waals surface area contributed by atoms with Crippen molar-refractivity contribution in [1.29, 1.82) is 0 Å². The van der Waals surface area contributed by atoms with E-state index >= 15 is 0 Å². The van der Waals surface area contributed by atoms with E-state index < -0.39 is 113 Å². The second kappa shape index (κ2) is 16.8. The number of carbonyl (C=O) groups excluding carboxylic acids is 5. The molecule has 1 aromatic rings. The number of esters is 3. The third kappa shape index (κ3) is 8.01. The van der Waals surface area contributed by atoms with Crippen molar-refractivity contribution < 1.29 is 81.6 Å². The minimum absolute atomic E-state index is 0.0754. The molecule has 2 aliphatic heterocycles. The van der Waals surface area contributed by atoms with Crippen LogP contribution in [0.5, 0.6) is 11.5 Å². The lowest BCUT2D eigenvalue weighted by Gasteiger charge is -2.72. The first-order chi connectivity index (χ1) is 28.9. The number of methoxy groups -OCH3 is 3. The van der Waals surface area contributed by atoms with Gasteiger partial charge in [-0.1, -0.05) is 25.2 Å². The van der Waals surface area contributed by atoms with Gasteiger partial charge in [-0.25, -0.2) is 19.2 Å². The quantitative estimate of drug-likeness (QED) is 0.162. The molecule has 340 valence electrons. The molecule has 18 heteroatoms. The average Bonchev–Trinajstić information content (AvgIpc) is 3.18. The van der Waals surface area contributed by atoms with E-state index in [0.717, 1.165) is 7.11 Å². The Labute approximate surface area is 359 Å². The molecular formula is C44H57NO17. The molecule has 0 aromatic heterocycles. The first-order valence-corrected chi connectivity index (χ1v) is 20.3. The molecule has 2 heterocycles. The van der Waals surface area contributed by atoms with E-state index in [1.165, 1.54) is 39.4 Å². The summed E-state index contributed by atoms with van der Waals surface area (Å²) < 4.78 is 58.5. The van der Waals surface area contributed by atoms with Gasteiger partial charge in [-0.2, -0.15) is 0 Å². The smallest absolute Gasteiger partial charge is 0.497 e. The SMILES string of the molecule is C=C1C2=C(C)[C@@H](OC(=O)[C@H](O)[C@H](C=C(C)C)NC(=O)OC(C)(C)C)C[C@@]1(O)[C@@H](OC(=O)c1cc(OC)ccc1OC)[C@@H]1[C@]3(OC(C)=O)CO[C@@H]3C[C@H]3O[C@@H]([C@@H]2OC(=O)OC)[C@@]13C. The molecule has 5 aliphatic rings. The fraction of sp³-hybridized carbons (Fsp3) is 0.614. The molecule has 1 amide bonds. The van der Waals surface area contributed by atoms with E-state index in [-0.39, 0.29) is 41.1 Å². The Balaban J connectivity index is 1.52. The predicted octanol–water partition coefficient (Wildman–Crippen LogP) is 4.03. The number of aliphatic hydroxyl groups is 2. The third-order valence-corrected chi connectivity index (χ3v) is 12.5. The number of hydrogen-bond donors (Lipinski definition) is 3. The molecule has 12 atom stereocenters. The summed E-state index contributed by atoms with van der Waals surface area (Å²) in [5, 5.41) is 27.5. The molecule has 3 aliphatic carbocycles. The molecule has 0 radical (unpaired) electrons. The Morgan fingerprint density at radius 3 is 2.27 bits per heavy atom. The summed E-state index contributed by atoms with van der Waals surface area (Å²) in [5.74, 6) is -3.63. The number of hydrogen-bond acceptors (Lipinski definition) is 17. The Hall–Kier alpha value is -5.17. The molecule has 2 saturated carbocycles. The molecular weight excluding hydrogens is 814 g/mol. The molecule has 62 heavy (non-hydrogen) atoms. The standard InChI is InChI=1S/C44H57NO17/c1-20(2)15-26(45-39(50)62-41(6,7)8)32(47)38(49)57-28-18-43(52)22(4)31(21(28)3)33(59-40(51)55-12)35-42(9)29(58-35)17-30-44(19-56-30,61-23(5)46)34(42)36(43)60-37(48)25-16-24(53-10)13-14-27(25)54-11/h13-16,26,28-30,32-36,47,52H,4,17-19H2,1-3,5-12H3,(H,45,50)/t26-,28-,29+,30+,32+,33+,34-,35-,36-,42+,43-,44-/m0/s1. The molecule has 0 unspecified atom stereocenters. The minimum atomic E-state index is -2.40. The van der Waals surface area contributed by atoms with Crippen molar-refractivity contribution in [3.8, 4) is 11.5 Å². The van der Waals surface area contributed by atoms with Crippen molar-refractivity contribution in [2.45, 2.75) is 134 Å². The van der Waals surface area contributed by atoms with Crippen molar-refractivity contribution in [3.05, 3.63) is 58.7 Å². The van der Waals surface area contributed by atoms with Gasteiger partial charge in [-0.05, 0) is 70.9 Å². The van der Waals surface area contributed by atoms with Gasteiger partial charge >= 0.3 is 30.2 Å². The summed E-state index contributed by atoms with van der Waals surface area (Å²) in [6, 6.07) is 3.16. The van der Waals surface area contributed by atoms with Crippen LogP contribution in [-0.2, 0) is 47.5 Å². The molecule has 1 aromatic carbocycles. The summed E-state index contributed by atoms with van der Waals surface area (Å²) >= 11 is 0. The molecule has 2 bridgehead atoms. The van der Waals surface area contributed by atoms with Gasteiger partial charge in [-0.15, -0.1) is 0 Å². The maximum atomic E-state index is 14.6. The highest BCUT2D eigenvalue weighted by molar-refractivity contribution is 5.93. The molecule has 3 N–H and O–H groups in total. The van der Waals surface area contributed by atoms with Crippen LogP contribution >= 0.6 is 0 Å². The Bertz CT molecular complexity index is 2070. The number of carbonyl (C=O) groups is 5. The molecule has 0 spiro atoms. The number of rotatable bonds is 11. The van der Waals surface area contributed by atoms with Crippen molar-refractivity contribution >= 4 is 30.2 Å². The van der Waals surface area contributed by atoms with E-state index in [2.05, 4.69) is 11.9 Å². The maximum Gasteiger partial charge on any atom is 0.508 e. The first-order valence-electron chi connectivity index (χ1n) is 20.3. The maximum absolute atomic E-state index is 14.6. The normalized spacial score (nSPS) is 32.8. The highest BCUT2D eigenvalue weighted by Crippen LogP contribution is 2.68. The monoisotopic (exact) mass is 871 g/mol. The van der Waals surface area contributed by atoms with Crippen LogP contribution in [0.2, 0.25) is 0 Å². The van der Waals surface area contributed by atoms with Crippen LogP contribution in [-0.4, -0.2) is 134 Å². The van der Waals surface area contributed by atoms with Gasteiger partial charge in [0.1, 0.15) is 52.7 Å². The van der Waals surface area contributed by atoms with Crippen molar-refractivity contribution in [3.63, 3.8) is 0 Å². The largest absolute Gasteiger partial charge is 0.508 e. The van der Waals surface area contributed by atoms with E-state index in [1.807, 2.05) is 6.92 Å². The fourth-order valence-electron chi connectivity index (χ4n) is 9.72. The number of amides is 1. The Morgan fingerprint density at radius 2 is 1.71 bits per heavy atom. The van der Waals surface area contributed by atoms with Crippen molar-refractivity contribution in [1.82, 2.24) is 5.32 Å². The highest BCUT2D eigenvalue weighted by Gasteiger charge is 2.80. The van der Waals surface area contributed by atoms with Crippen LogP contribution < -0.4 is 14.8 Å². The second-order valence-electron chi connectivity index (χ2n) is 17.8. The average molecular weight is 872 g/mol. The topological polar surface area (TPSA) is 230 Å². The zero-order chi connectivity index (χ0) is 45.9. The van der Waals surface area contributed by atoms with Gasteiger partial charge < -0.3 is 62.9 Å². The second-order valence-corrected chi connectivity index (χ2v) is 17.8. The minimum Gasteiger partial charge on any atom is -0.497 e. The lowest BCUT2D eigenvalue weighted by atomic mass is 9.45. The number of alkyl carbamates (subject to hydrolysis) is 1. The lowest BCUT2D eigenvalue weighted by molar-refractivity contribution is -0.409. The van der Waals surface area contributed by atoms with Gasteiger partial charge in [0, 0.05) is 30.8 Å². The van der Waals surface area contributed by atoms with E-state index in [9.17, 15) is 34.2 Å². The lowest BCUT2D eigenvalue weighted by Crippen LogP contribution is -2.85. The number of allylic oxidation sites excluding steroid dienone is 1. The first kappa shape index (κ1) is 46.3. The molecule has 2 saturated heterocycles. The molecule has 4 fully saturated rings. The summed E-state index contributed by atoms with van der Waals surface area (Å²) in [6.45, 7) is 17.1. The summed E-state index contributed by atoms with van der Waals surface area (Å²) in [5.41, 5.74) is -5.22. The number of fused-ring (bicyclic) bond motifs is 4. The van der Waals surface area contributed by atoms with Crippen LogP contribution in [0.1, 0.15) is 78.6 Å². The fourth-order valence-corrected chi connectivity index (χ4v) is 9.72. The summed E-state index contributed by atoms with van der Waals surface area (Å²) in [4.78, 5) is 67.7. The highest BCUT2D eigenvalue weighted by atomic mass is 16.7. The van der Waals surface area contributed by atoms with Gasteiger partial charge in [0.25, 0.3) is 0 Å². The van der Waals surface area contributed by atoms with Crippen LogP contribution in [0.3, 0.4) is 0 Å². The van der Waals surface area contributed by atoms with Crippen molar-refractivity contribution in [2.24, 2.45) is 11.3 Å². The van der Waals surface area contributed by atoms with Gasteiger partial charge in [-0.3, -0.25) is 4.79 Å². The zero-order valence-corrected chi connectivity index (χ0v) is 36.9. The van der Waals surface area contributed by atoms with E-state index in [4.69, 9.17) is 47.4 Å². The van der Waals surface area contributed by atoms with E-state index in [0.29, 0.717) is 11.3 Å². The van der Waals surface area contributed by atoms with Gasteiger partial charge in [0.15, 0.2) is 17.8 Å². The van der Waals surface area contributed by atoms with Gasteiger partial charge in [0.05, 0.1) is 46.0 Å². The number of ether oxygens (including phenoxy) is 10. The number of benzene rings is 1. The zero-order valence-electron chi connectivity index (χ0n) is 36.9. The third-order valence-electron chi connectivity index (χ3n) is 12.5. The molecule has 6 rings (SSSR count). The molecule has 18 nitrogen and oxygen atoms in total. The number of nitrogens with one attached hydrogen (secondary N) is 1. The van der Waals surface area contributed by atoms with Crippen LogP contribution in [0.15, 0.2) is 53.1 Å². The summed E-state index contributed by atoms with van der Waals surface area (Å²) in [6.07, 6.45) is -9.91. The Kier molecular flexibility index (Phi) is 12.6. The van der Waals surface area contributed by atoms with Gasteiger partial charge in [0.2, 0.25) is 0 Å². The van der Waals surface area contributed by atoms with Crippen LogP contribution in [0, 0.1) is 11.3 Å². The Morgan fingerprint density at radius 1 is 1.02 bits per heavy atom. The number of aliphatic hydroxyl groups excluding tert-OH is 1. The predicted molar refractivity (Wildman–Crippen MR) is 215 cm³/mol. The van der Waals surface area contributed by atoms with Crippen LogP contribution in [0.4, 0.5) is 9.59 Å². The summed E-state index contributed by atoms with van der Waals surface area (Å²) in [7, 11) is 3.89. The van der Waals surface area contributed by atoms with Crippen LogP contribution in [0.25, 0.3) is 0 Å². The van der Waals surface area contributed by atoms with E-state index in [1.54, 1.807) is 47.6 Å².